The fourth-order valence-electron chi connectivity index (χ4n) is 2.88. The van der Waals surface area contributed by atoms with Gasteiger partial charge >= 0.3 is 0 Å². The summed E-state index contributed by atoms with van der Waals surface area (Å²) in [4.78, 5) is 28.1. The number of hydrogen-bond donors (Lipinski definition) is 1. The molecule has 1 aliphatic rings. The number of benzene rings is 1. The minimum atomic E-state index is -0.247. The molecule has 0 spiro atoms. The lowest BCUT2D eigenvalue weighted by Gasteiger charge is -2.16. The van der Waals surface area contributed by atoms with Crippen LogP contribution >= 0.6 is 11.6 Å². The molecule has 0 saturated carbocycles. The molecule has 1 aromatic heterocycles. The molecule has 1 atom stereocenters. The van der Waals surface area contributed by atoms with Gasteiger partial charge in [0.15, 0.2) is 0 Å². The maximum Gasteiger partial charge on any atom is 0.270 e. The van der Waals surface area contributed by atoms with Crippen molar-refractivity contribution < 1.29 is 4.79 Å². The van der Waals surface area contributed by atoms with E-state index in [0.717, 1.165) is 31.0 Å². The van der Waals surface area contributed by atoms with Crippen LogP contribution < -0.4 is 5.56 Å². The van der Waals surface area contributed by atoms with Gasteiger partial charge in [-0.3, -0.25) is 9.59 Å². The zero-order chi connectivity index (χ0) is 15.5. The lowest BCUT2D eigenvalue weighted by atomic mass is 9.99. The van der Waals surface area contributed by atoms with Gasteiger partial charge in [0, 0.05) is 24.2 Å². The molecule has 1 aliphatic heterocycles. The number of aromatic amines is 1. The second-order valence-electron chi connectivity index (χ2n) is 5.67. The van der Waals surface area contributed by atoms with Crippen molar-refractivity contribution in [2.45, 2.75) is 12.8 Å². The summed E-state index contributed by atoms with van der Waals surface area (Å²) in [5.41, 5.74) is 1.35. The number of likely N-dealkylation sites (tertiary alicyclic amines) is 1. The number of carbonyl (C=O) groups excluding carboxylic acids is 1. The summed E-state index contributed by atoms with van der Waals surface area (Å²) < 4.78 is 0. The summed E-state index contributed by atoms with van der Waals surface area (Å²) >= 11 is 5.89. The summed E-state index contributed by atoms with van der Waals surface area (Å²) in [5.74, 6) is 0.344. The number of nitrogens with one attached hydrogen (secondary N) is 1. The van der Waals surface area contributed by atoms with Gasteiger partial charge in [-0.15, -0.1) is 0 Å². The van der Waals surface area contributed by atoms with Crippen molar-refractivity contribution in [1.29, 1.82) is 0 Å². The van der Waals surface area contributed by atoms with Gasteiger partial charge in [-0.25, -0.2) is 0 Å². The summed E-state index contributed by atoms with van der Waals surface area (Å²) in [6.45, 7) is 1.45. The van der Waals surface area contributed by atoms with Crippen molar-refractivity contribution in [1.82, 2.24) is 9.88 Å². The number of H-pyrrole nitrogens is 1. The average molecular weight is 317 g/mol. The maximum atomic E-state index is 12.4. The SMILES string of the molecule is O=C(c1cccc(=O)[nH]1)N1CCC(Cc2ccc(Cl)cc2)C1. The van der Waals surface area contributed by atoms with E-state index in [4.69, 9.17) is 11.6 Å². The van der Waals surface area contributed by atoms with Crippen molar-refractivity contribution in [2.75, 3.05) is 13.1 Å². The van der Waals surface area contributed by atoms with Crippen molar-refractivity contribution in [2.24, 2.45) is 5.92 Å². The lowest BCUT2D eigenvalue weighted by molar-refractivity contribution is 0.0781. The molecule has 1 amide bonds. The highest BCUT2D eigenvalue weighted by Crippen LogP contribution is 2.22. The monoisotopic (exact) mass is 316 g/mol. The fourth-order valence-corrected chi connectivity index (χ4v) is 3.01. The quantitative estimate of drug-likeness (QED) is 0.946. The first-order chi connectivity index (χ1) is 10.6. The number of nitrogens with zero attached hydrogens (tertiary/aromatic N) is 1. The van der Waals surface area contributed by atoms with Crippen molar-refractivity contribution in [3.63, 3.8) is 0 Å². The molecule has 1 saturated heterocycles. The number of amides is 1. The van der Waals surface area contributed by atoms with Crippen LogP contribution in [-0.4, -0.2) is 28.9 Å². The highest BCUT2D eigenvalue weighted by Gasteiger charge is 2.27. The molecule has 114 valence electrons. The zero-order valence-electron chi connectivity index (χ0n) is 12.1. The number of carbonyl (C=O) groups is 1. The molecule has 22 heavy (non-hydrogen) atoms. The van der Waals surface area contributed by atoms with Gasteiger partial charge in [0.25, 0.3) is 5.91 Å². The van der Waals surface area contributed by atoms with Crippen LogP contribution in [0, 0.1) is 5.92 Å². The first-order valence-corrected chi connectivity index (χ1v) is 7.72. The Bertz CT molecular complexity index is 724. The minimum absolute atomic E-state index is 0.101. The largest absolute Gasteiger partial charge is 0.337 e. The standard InChI is InChI=1S/C17H17ClN2O2/c18-14-6-4-12(5-7-14)10-13-8-9-20(11-13)17(22)15-2-1-3-16(21)19-15/h1-7,13H,8-11H2,(H,19,21). The Kier molecular flexibility index (Phi) is 4.29. The Morgan fingerprint density at radius 1 is 1.23 bits per heavy atom. The normalized spacial score (nSPS) is 17.7. The zero-order valence-corrected chi connectivity index (χ0v) is 12.8. The number of hydrogen-bond acceptors (Lipinski definition) is 2. The van der Waals surface area contributed by atoms with E-state index in [9.17, 15) is 9.59 Å². The molecule has 1 unspecified atom stereocenters. The predicted molar refractivity (Wildman–Crippen MR) is 86.2 cm³/mol. The van der Waals surface area contributed by atoms with Crippen molar-refractivity contribution in [3.05, 3.63) is 69.1 Å². The van der Waals surface area contributed by atoms with Crippen LogP contribution in [0.2, 0.25) is 5.02 Å². The molecule has 3 rings (SSSR count). The smallest absolute Gasteiger partial charge is 0.270 e. The van der Waals surface area contributed by atoms with E-state index < -0.39 is 0 Å². The Balaban J connectivity index is 1.63. The second-order valence-corrected chi connectivity index (χ2v) is 6.10. The van der Waals surface area contributed by atoms with E-state index >= 15 is 0 Å². The molecule has 5 heteroatoms. The molecule has 0 radical (unpaired) electrons. The van der Waals surface area contributed by atoms with Gasteiger partial charge in [-0.1, -0.05) is 29.8 Å². The van der Waals surface area contributed by atoms with Gasteiger partial charge in [-0.2, -0.15) is 0 Å². The third-order valence-corrected chi connectivity index (χ3v) is 4.26. The molecule has 0 aliphatic carbocycles. The number of pyridine rings is 1. The van der Waals surface area contributed by atoms with Crippen LogP contribution in [0.4, 0.5) is 0 Å². The Hall–Kier alpha value is -2.07. The van der Waals surface area contributed by atoms with E-state index in [1.165, 1.54) is 11.6 Å². The third kappa shape index (κ3) is 3.39. The van der Waals surface area contributed by atoms with E-state index in [1.807, 2.05) is 29.2 Å². The molecule has 1 aromatic carbocycles. The minimum Gasteiger partial charge on any atom is -0.337 e. The molecule has 1 N–H and O–H groups in total. The molecule has 0 bridgehead atoms. The number of aromatic nitrogens is 1. The van der Waals surface area contributed by atoms with Crippen LogP contribution in [0.3, 0.4) is 0 Å². The Morgan fingerprint density at radius 2 is 2.00 bits per heavy atom. The summed E-state index contributed by atoms with van der Waals surface area (Å²) in [5, 5.41) is 0.736. The van der Waals surface area contributed by atoms with Crippen molar-refractivity contribution in [3.8, 4) is 0 Å². The topological polar surface area (TPSA) is 53.2 Å². The lowest BCUT2D eigenvalue weighted by Crippen LogP contribution is -2.30. The van der Waals surface area contributed by atoms with Crippen LogP contribution in [0.1, 0.15) is 22.5 Å². The number of halogens is 1. The molecule has 2 aromatic rings. The van der Waals surface area contributed by atoms with E-state index in [-0.39, 0.29) is 11.5 Å². The Morgan fingerprint density at radius 3 is 2.73 bits per heavy atom. The van der Waals surface area contributed by atoms with Crippen LogP contribution in [-0.2, 0) is 6.42 Å². The highest BCUT2D eigenvalue weighted by atomic mass is 35.5. The molecule has 1 fully saturated rings. The molecule has 4 nitrogen and oxygen atoms in total. The van der Waals surface area contributed by atoms with E-state index in [2.05, 4.69) is 4.98 Å². The van der Waals surface area contributed by atoms with Gasteiger partial charge in [0.2, 0.25) is 5.56 Å². The maximum absolute atomic E-state index is 12.4. The van der Waals surface area contributed by atoms with E-state index in [1.54, 1.807) is 12.1 Å². The molecular formula is C17H17ClN2O2. The summed E-state index contributed by atoms with van der Waals surface area (Å²) in [6.07, 6.45) is 1.91. The van der Waals surface area contributed by atoms with Gasteiger partial charge in [0.1, 0.15) is 5.69 Å². The number of rotatable bonds is 3. The first kappa shape index (κ1) is 14.9. The van der Waals surface area contributed by atoms with Crippen LogP contribution in [0.15, 0.2) is 47.3 Å². The summed E-state index contributed by atoms with van der Waals surface area (Å²) in [7, 11) is 0. The van der Waals surface area contributed by atoms with Crippen molar-refractivity contribution >= 4 is 17.5 Å². The summed E-state index contributed by atoms with van der Waals surface area (Å²) in [6, 6.07) is 12.5. The average Bonchev–Trinajstić information content (AvgIpc) is 2.97. The fraction of sp³-hybridized carbons (Fsp3) is 0.294. The molecular weight excluding hydrogens is 300 g/mol. The van der Waals surface area contributed by atoms with Gasteiger partial charge < -0.3 is 9.88 Å². The van der Waals surface area contributed by atoms with Gasteiger partial charge in [-0.05, 0) is 42.5 Å². The van der Waals surface area contributed by atoms with Gasteiger partial charge in [0.05, 0.1) is 0 Å². The Labute approximate surface area is 133 Å². The second kappa shape index (κ2) is 6.36. The third-order valence-electron chi connectivity index (χ3n) is 4.01. The first-order valence-electron chi connectivity index (χ1n) is 7.35. The van der Waals surface area contributed by atoms with E-state index in [0.29, 0.717) is 11.6 Å². The van der Waals surface area contributed by atoms with Crippen LogP contribution in [0.25, 0.3) is 0 Å². The highest BCUT2D eigenvalue weighted by molar-refractivity contribution is 6.30. The van der Waals surface area contributed by atoms with Crippen LogP contribution in [0.5, 0.6) is 0 Å². The molecule has 2 heterocycles. The predicted octanol–water partition coefficient (Wildman–Crippen LogP) is 2.73.